The molecule has 0 saturated carbocycles. The van der Waals surface area contributed by atoms with Crippen molar-refractivity contribution in [3.8, 4) is 17.4 Å². The van der Waals surface area contributed by atoms with Crippen LogP contribution in [0.25, 0.3) is 11.5 Å². The van der Waals surface area contributed by atoms with Gasteiger partial charge in [0.15, 0.2) is 5.82 Å². The van der Waals surface area contributed by atoms with E-state index in [1.807, 2.05) is 35.9 Å². The molecule has 3 heterocycles. The van der Waals surface area contributed by atoms with Crippen molar-refractivity contribution in [1.29, 1.82) is 0 Å². The monoisotopic (exact) mass is 337 g/mol. The highest BCUT2D eigenvalue weighted by molar-refractivity contribution is 5.96. The lowest BCUT2D eigenvalue weighted by atomic mass is 10.2. The second kappa shape index (κ2) is 8.05. The molecule has 0 aliphatic carbocycles. The summed E-state index contributed by atoms with van der Waals surface area (Å²) in [6, 6.07) is 9.10. The molecule has 3 rings (SSSR count). The van der Waals surface area contributed by atoms with E-state index >= 15 is 0 Å². The van der Waals surface area contributed by atoms with E-state index in [1.165, 1.54) is 0 Å². The van der Waals surface area contributed by atoms with Crippen LogP contribution in [-0.2, 0) is 6.54 Å². The molecule has 0 aromatic carbocycles. The normalized spacial score (nSPS) is 10.4. The number of aromatic nitrogens is 4. The third-order valence-electron chi connectivity index (χ3n) is 3.54. The van der Waals surface area contributed by atoms with E-state index in [1.54, 1.807) is 30.7 Å². The lowest BCUT2D eigenvalue weighted by Crippen LogP contribution is -2.28. The van der Waals surface area contributed by atoms with Crippen LogP contribution in [0.1, 0.15) is 17.3 Å². The van der Waals surface area contributed by atoms with Crippen LogP contribution in [0.2, 0.25) is 0 Å². The smallest absolute Gasteiger partial charge is 0.256 e. The van der Waals surface area contributed by atoms with Crippen molar-refractivity contribution in [2.75, 3.05) is 13.2 Å². The number of pyridine rings is 2. The summed E-state index contributed by atoms with van der Waals surface area (Å²) in [6.45, 7) is 3.35. The molecule has 1 N–H and O–H groups in total. The minimum atomic E-state index is -0.212. The number of ether oxygens (including phenoxy) is 1. The maximum absolute atomic E-state index is 12.4. The van der Waals surface area contributed by atoms with E-state index in [-0.39, 0.29) is 5.91 Å². The Hall–Kier alpha value is -3.22. The van der Waals surface area contributed by atoms with Crippen LogP contribution in [0.4, 0.5) is 0 Å². The Labute approximate surface area is 145 Å². The van der Waals surface area contributed by atoms with Crippen molar-refractivity contribution >= 4 is 5.91 Å². The van der Waals surface area contributed by atoms with E-state index < -0.39 is 0 Å². The second-order valence-corrected chi connectivity index (χ2v) is 5.20. The molecule has 25 heavy (non-hydrogen) atoms. The molecule has 0 saturated heterocycles. The van der Waals surface area contributed by atoms with Crippen molar-refractivity contribution in [3.05, 3.63) is 60.7 Å². The van der Waals surface area contributed by atoms with E-state index in [0.29, 0.717) is 31.1 Å². The van der Waals surface area contributed by atoms with Gasteiger partial charge in [0.2, 0.25) is 5.88 Å². The van der Waals surface area contributed by atoms with Gasteiger partial charge < -0.3 is 14.6 Å². The molecule has 0 radical (unpaired) electrons. The highest BCUT2D eigenvalue weighted by Gasteiger charge is 2.13. The van der Waals surface area contributed by atoms with Gasteiger partial charge in [-0.1, -0.05) is 6.07 Å². The summed E-state index contributed by atoms with van der Waals surface area (Å²) in [5.74, 6) is 0.904. The summed E-state index contributed by atoms with van der Waals surface area (Å²) in [6.07, 6.45) is 6.92. The lowest BCUT2D eigenvalue weighted by Gasteiger charge is -2.11. The third-order valence-corrected chi connectivity index (χ3v) is 3.54. The van der Waals surface area contributed by atoms with Gasteiger partial charge in [0.05, 0.1) is 6.61 Å². The summed E-state index contributed by atoms with van der Waals surface area (Å²) < 4.78 is 7.35. The van der Waals surface area contributed by atoms with E-state index in [9.17, 15) is 4.79 Å². The number of imidazole rings is 1. The predicted octanol–water partition coefficient (Wildman–Crippen LogP) is 2.17. The summed E-state index contributed by atoms with van der Waals surface area (Å²) in [4.78, 5) is 25.1. The average Bonchev–Trinajstić information content (AvgIpc) is 3.11. The standard InChI is InChI=1S/C18H19N5O2/c1-2-25-18-14(6-5-9-22-18)17(24)21-11-13-23-12-10-20-16(23)15-7-3-4-8-19-15/h3-10,12H,2,11,13H2,1H3,(H,21,24). The number of hydrogen-bond acceptors (Lipinski definition) is 5. The molecule has 7 heteroatoms. The van der Waals surface area contributed by atoms with E-state index in [4.69, 9.17) is 4.74 Å². The Bertz CT molecular complexity index is 832. The fourth-order valence-electron chi connectivity index (χ4n) is 2.42. The molecule has 0 spiro atoms. The number of nitrogens with zero attached hydrogens (tertiary/aromatic N) is 4. The van der Waals surface area contributed by atoms with Crippen molar-refractivity contribution in [3.63, 3.8) is 0 Å². The van der Waals surface area contributed by atoms with Crippen molar-refractivity contribution in [2.45, 2.75) is 13.5 Å². The first-order chi connectivity index (χ1) is 12.3. The number of carbonyl (C=O) groups is 1. The molecular weight excluding hydrogens is 318 g/mol. The van der Waals surface area contributed by atoms with Gasteiger partial charge >= 0.3 is 0 Å². The molecule has 128 valence electrons. The number of rotatable bonds is 7. The number of carbonyl (C=O) groups excluding carboxylic acids is 1. The Balaban J connectivity index is 1.63. The van der Waals surface area contributed by atoms with Crippen LogP contribution in [0.3, 0.4) is 0 Å². The maximum Gasteiger partial charge on any atom is 0.256 e. The zero-order valence-corrected chi connectivity index (χ0v) is 13.9. The van der Waals surface area contributed by atoms with Gasteiger partial charge in [-0.2, -0.15) is 0 Å². The summed E-state index contributed by atoms with van der Waals surface area (Å²) in [5.41, 5.74) is 1.23. The van der Waals surface area contributed by atoms with Gasteiger partial charge in [-0.15, -0.1) is 0 Å². The molecule has 3 aromatic heterocycles. The zero-order valence-electron chi connectivity index (χ0n) is 13.9. The highest BCUT2D eigenvalue weighted by atomic mass is 16.5. The minimum Gasteiger partial charge on any atom is -0.477 e. The number of hydrogen-bond donors (Lipinski definition) is 1. The molecule has 7 nitrogen and oxygen atoms in total. The molecule has 0 bridgehead atoms. The van der Waals surface area contributed by atoms with Gasteiger partial charge in [-0.3, -0.25) is 9.78 Å². The molecule has 0 atom stereocenters. The van der Waals surface area contributed by atoms with Crippen LogP contribution < -0.4 is 10.1 Å². The van der Waals surface area contributed by atoms with Crippen LogP contribution in [0.15, 0.2) is 55.1 Å². The van der Waals surface area contributed by atoms with Crippen molar-refractivity contribution in [2.24, 2.45) is 0 Å². The Morgan fingerprint density at radius 1 is 1.12 bits per heavy atom. The average molecular weight is 337 g/mol. The van der Waals surface area contributed by atoms with E-state index in [0.717, 1.165) is 11.5 Å². The number of nitrogens with one attached hydrogen (secondary N) is 1. The summed E-state index contributed by atoms with van der Waals surface area (Å²) in [5, 5.41) is 2.89. The first-order valence-corrected chi connectivity index (χ1v) is 8.08. The first kappa shape index (κ1) is 16.6. The molecule has 0 aliphatic heterocycles. The predicted molar refractivity (Wildman–Crippen MR) is 93.2 cm³/mol. The fraction of sp³-hybridized carbons (Fsp3) is 0.222. The summed E-state index contributed by atoms with van der Waals surface area (Å²) in [7, 11) is 0. The van der Waals surface area contributed by atoms with Crippen molar-refractivity contribution < 1.29 is 9.53 Å². The van der Waals surface area contributed by atoms with Gasteiger partial charge in [-0.25, -0.2) is 9.97 Å². The molecule has 0 fully saturated rings. The third kappa shape index (κ3) is 4.00. The Morgan fingerprint density at radius 3 is 2.80 bits per heavy atom. The molecule has 1 amide bonds. The fourth-order valence-corrected chi connectivity index (χ4v) is 2.42. The second-order valence-electron chi connectivity index (χ2n) is 5.20. The van der Waals surface area contributed by atoms with Gasteiger partial charge in [0.1, 0.15) is 11.3 Å². The topological polar surface area (TPSA) is 81.9 Å². The molecule has 0 unspecified atom stereocenters. The summed E-state index contributed by atoms with van der Waals surface area (Å²) >= 11 is 0. The highest BCUT2D eigenvalue weighted by Crippen LogP contribution is 2.15. The van der Waals surface area contributed by atoms with Gasteiger partial charge in [0, 0.05) is 37.9 Å². The van der Waals surface area contributed by atoms with Crippen LogP contribution in [-0.4, -0.2) is 38.6 Å². The van der Waals surface area contributed by atoms with Crippen LogP contribution in [0, 0.1) is 0 Å². The largest absolute Gasteiger partial charge is 0.477 e. The van der Waals surface area contributed by atoms with Crippen LogP contribution >= 0.6 is 0 Å². The number of amides is 1. The maximum atomic E-state index is 12.4. The zero-order chi connectivity index (χ0) is 17.5. The SMILES string of the molecule is CCOc1ncccc1C(=O)NCCn1ccnc1-c1ccccn1. The van der Waals surface area contributed by atoms with Crippen LogP contribution in [0.5, 0.6) is 5.88 Å². The quantitative estimate of drug-likeness (QED) is 0.714. The Kier molecular flexibility index (Phi) is 5.36. The molecule has 3 aromatic rings. The van der Waals surface area contributed by atoms with E-state index in [2.05, 4.69) is 20.3 Å². The van der Waals surface area contributed by atoms with Gasteiger partial charge in [0.25, 0.3) is 5.91 Å². The minimum absolute atomic E-state index is 0.212. The lowest BCUT2D eigenvalue weighted by molar-refractivity contribution is 0.0947. The molecular formula is C18H19N5O2. The van der Waals surface area contributed by atoms with Crippen molar-refractivity contribution in [1.82, 2.24) is 24.8 Å². The Morgan fingerprint density at radius 2 is 2.00 bits per heavy atom. The first-order valence-electron chi connectivity index (χ1n) is 8.08. The molecule has 0 aliphatic rings. The van der Waals surface area contributed by atoms with Gasteiger partial charge in [-0.05, 0) is 31.2 Å².